The molecule has 1 atom stereocenters. The minimum absolute atomic E-state index is 0.128. The quantitative estimate of drug-likeness (QED) is 0.455. The van der Waals surface area contributed by atoms with Gasteiger partial charge in [-0.2, -0.15) is 0 Å². The number of halogens is 1. The molecule has 1 fully saturated rings. The predicted molar refractivity (Wildman–Crippen MR) is 126 cm³/mol. The number of thiazole rings is 1. The first kappa shape index (κ1) is 21.7. The van der Waals surface area contributed by atoms with Gasteiger partial charge in [0.2, 0.25) is 0 Å². The van der Waals surface area contributed by atoms with Gasteiger partial charge < -0.3 is 14.6 Å². The molecule has 1 aromatic carbocycles. The van der Waals surface area contributed by atoms with Crippen molar-refractivity contribution in [2.24, 2.45) is 0 Å². The zero-order chi connectivity index (χ0) is 23.1. The number of imidazole rings is 1. The Morgan fingerprint density at radius 2 is 2.15 bits per heavy atom. The SMILES string of the molecule is Cc1nc(C(=O)N2CCC[C@H]2CNC(=O)c2c(C)nc3sccn23)c(-c2cccc(Cl)c2)o1. The number of hydrogen-bond donors (Lipinski definition) is 1. The third-order valence-corrected chi connectivity index (χ3v) is 6.80. The minimum atomic E-state index is -0.209. The standard InChI is InChI=1S/C23H22ClN5O3S/c1-13-19(29-9-10-33-23(29)26-13)21(30)25-12-17-7-4-8-28(17)22(31)18-20(32-14(2)27-18)15-5-3-6-16(24)11-15/h3,5-6,9-11,17H,4,7-8,12H2,1-2H3,(H,25,30)/t17-/m0/s1. The van der Waals surface area contributed by atoms with Crippen LogP contribution in [0.2, 0.25) is 5.02 Å². The Hall–Kier alpha value is -3.17. The van der Waals surface area contributed by atoms with Gasteiger partial charge >= 0.3 is 0 Å². The molecule has 0 radical (unpaired) electrons. The maximum atomic E-state index is 13.5. The number of likely N-dealkylation sites (tertiary alicyclic amines) is 1. The van der Waals surface area contributed by atoms with Crippen LogP contribution in [0.25, 0.3) is 16.3 Å². The van der Waals surface area contributed by atoms with Crippen LogP contribution in [-0.2, 0) is 0 Å². The van der Waals surface area contributed by atoms with Crippen molar-refractivity contribution in [2.45, 2.75) is 32.7 Å². The van der Waals surface area contributed by atoms with Crippen LogP contribution in [0, 0.1) is 13.8 Å². The van der Waals surface area contributed by atoms with E-state index in [9.17, 15) is 9.59 Å². The zero-order valence-corrected chi connectivity index (χ0v) is 19.7. The molecule has 4 aromatic rings. The van der Waals surface area contributed by atoms with Gasteiger partial charge in [0.1, 0.15) is 5.69 Å². The maximum absolute atomic E-state index is 13.5. The van der Waals surface area contributed by atoms with E-state index < -0.39 is 0 Å². The van der Waals surface area contributed by atoms with Crippen LogP contribution < -0.4 is 5.32 Å². The normalized spacial score (nSPS) is 16.0. The molecule has 0 aliphatic carbocycles. The van der Waals surface area contributed by atoms with Crippen molar-refractivity contribution in [1.29, 1.82) is 0 Å². The summed E-state index contributed by atoms with van der Waals surface area (Å²) in [4.78, 5) is 37.7. The molecule has 0 saturated carbocycles. The molecule has 2 amide bonds. The van der Waals surface area contributed by atoms with Gasteiger partial charge in [0.15, 0.2) is 22.3 Å². The Morgan fingerprint density at radius 1 is 1.30 bits per heavy atom. The van der Waals surface area contributed by atoms with E-state index in [1.165, 1.54) is 11.3 Å². The van der Waals surface area contributed by atoms with Crippen LogP contribution in [-0.4, -0.2) is 50.2 Å². The van der Waals surface area contributed by atoms with Gasteiger partial charge in [-0.3, -0.25) is 14.0 Å². The first-order chi connectivity index (χ1) is 15.9. The van der Waals surface area contributed by atoms with E-state index in [2.05, 4.69) is 15.3 Å². The van der Waals surface area contributed by atoms with Gasteiger partial charge in [-0.25, -0.2) is 9.97 Å². The van der Waals surface area contributed by atoms with Crippen LogP contribution in [0.5, 0.6) is 0 Å². The lowest BCUT2D eigenvalue weighted by molar-refractivity contribution is 0.0720. The van der Waals surface area contributed by atoms with Gasteiger partial charge in [-0.05, 0) is 31.9 Å². The first-order valence-corrected chi connectivity index (χ1v) is 11.9. The van der Waals surface area contributed by atoms with Gasteiger partial charge in [-0.15, -0.1) is 11.3 Å². The Kier molecular flexibility index (Phi) is 5.67. The molecule has 3 aromatic heterocycles. The Morgan fingerprint density at radius 3 is 2.97 bits per heavy atom. The second-order valence-corrected chi connectivity index (χ2v) is 9.34. The molecular formula is C23H22ClN5O3S. The summed E-state index contributed by atoms with van der Waals surface area (Å²) in [7, 11) is 0. The van der Waals surface area contributed by atoms with E-state index in [0.717, 1.165) is 17.8 Å². The summed E-state index contributed by atoms with van der Waals surface area (Å²) in [6, 6.07) is 7.03. The van der Waals surface area contributed by atoms with Crippen molar-refractivity contribution in [3.8, 4) is 11.3 Å². The number of fused-ring (bicyclic) bond motifs is 1. The average Bonchev–Trinajstić information content (AvgIpc) is 3.55. The van der Waals surface area contributed by atoms with Gasteiger partial charge in [0, 0.05) is 48.2 Å². The van der Waals surface area contributed by atoms with Crippen LogP contribution in [0.1, 0.15) is 45.4 Å². The van der Waals surface area contributed by atoms with E-state index in [-0.39, 0.29) is 23.6 Å². The predicted octanol–water partition coefficient (Wildman–Crippen LogP) is 4.36. The number of oxazole rings is 1. The number of aromatic nitrogens is 3. The monoisotopic (exact) mass is 483 g/mol. The average molecular weight is 484 g/mol. The van der Waals surface area contributed by atoms with Crippen LogP contribution >= 0.6 is 22.9 Å². The maximum Gasteiger partial charge on any atom is 0.276 e. The number of nitrogens with zero attached hydrogens (tertiary/aromatic N) is 4. The highest BCUT2D eigenvalue weighted by atomic mass is 35.5. The van der Waals surface area contributed by atoms with E-state index in [4.69, 9.17) is 16.0 Å². The van der Waals surface area contributed by atoms with Crippen molar-refractivity contribution >= 4 is 39.7 Å². The number of benzene rings is 1. The molecular weight excluding hydrogens is 462 g/mol. The van der Waals surface area contributed by atoms with Gasteiger partial charge in [-0.1, -0.05) is 23.7 Å². The van der Waals surface area contributed by atoms with E-state index in [1.54, 1.807) is 34.4 Å². The Bertz CT molecular complexity index is 1360. The fourth-order valence-electron chi connectivity index (χ4n) is 4.31. The Labute approximate surface area is 199 Å². The number of aryl methyl sites for hydroxylation is 2. The molecule has 5 rings (SSSR count). The molecule has 1 aliphatic heterocycles. The van der Waals surface area contributed by atoms with E-state index in [0.29, 0.717) is 46.7 Å². The van der Waals surface area contributed by atoms with Crippen molar-refractivity contribution in [3.05, 3.63) is 63.8 Å². The van der Waals surface area contributed by atoms with Crippen molar-refractivity contribution < 1.29 is 14.0 Å². The lowest BCUT2D eigenvalue weighted by Crippen LogP contribution is -2.43. The highest BCUT2D eigenvalue weighted by molar-refractivity contribution is 7.15. The third-order valence-electron chi connectivity index (χ3n) is 5.81. The van der Waals surface area contributed by atoms with E-state index >= 15 is 0 Å². The van der Waals surface area contributed by atoms with Crippen molar-refractivity contribution in [1.82, 2.24) is 24.6 Å². The number of hydrogen-bond acceptors (Lipinski definition) is 6. The Balaban J connectivity index is 1.34. The summed E-state index contributed by atoms with van der Waals surface area (Å²) >= 11 is 7.62. The lowest BCUT2D eigenvalue weighted by Gasteiger charge is -2.24. The molecule has 0 bridgehead atoms. The zero-order valence-electron chi connectivity index (χ0n) is 18.2. The van der Waals surface area contributed by atoms with Gasteiger partial charge in [0.25, 0.3) is 11.8 Å². The molecule has 0 spiro atoms. The van der Waals surface area contributed by atoms with Gasteiger partial charge in [0.05, 0.1) is 5.69 Å². The second-order valence-electron chi connectivity index (χ2n) is 8.03. The largest absolute Gasteiger partial charge is 0.440 e. The first-order valence-electron chi connectivity index (χ1n) is 10.7. The summed E-state index contributed by atoms with van der Waals surface area (Å²) in [5.74, 6) is 0.409. The van der Waals surface area contributed by atoms with Crippen LogP contribution in [0.15, 0.2) is 40.3 Å². The van der Waals surface area contributed by atoms with Crippen LogP contribution in [0.4, 0.5) is 0 Å². The van der Waals surface area contributed by atoms with Crippen molar-refractivity contribution in [2.75, 3.05) is 13.1 Å². The fraction of sp³-hybridized carbons (Fsp3) is 0.304. The number of rotatable bonds is 5. The molecule has 8 nitrogen and oxygen atoms in total. The second kappa shape index (κ2) is 8.64. The molecule has 4 heterocycles. The number of carbonyl (C=O) groups excluding carboxylic acids is 2. The molecule has 1 aliphatic rings. The smallest absolute Gasteiger partial charge is 0.276 e. The summed E-state index contributed by atoms with van der Waals surface area (Å²) in [6.07, 6.45) is 3.50. The number of amides is 2. The molecule has 33 heavy (non-hydrogen) atoms. The molecule has 1 saturated heterocycles. The van der Waals surface area contributed by atoms with Crippen LogP contribution in [0.3, 0.4) is 0 Å². The fourth-order valence-corrected chi connectivity index (χ4v) is 5.26. The molecule has 1 N–H and O–H groups in total. The third kappa shape index (κ3) is 4.02. The molecule has 0 unspecified atom stereocenters. The lowest BCUT2D eigenvalue weighted by atomic mass is 10.1. The summed E-state index contributed by atoms with van der Waals surface area (Å²) in [6.45, 7) is 4.49. The highest BCUT2D eigenvalue weighted by Crippen LogP contribution is 2.30. The minimum Gasteiger partial charge on any atom is -0.440 e. The summed E-state index contributed by atoms with van der Waals surface area (Å²) in [5, 5.41) is 5.44. The topological polar surface area (TPSA) is 92.7 Å². The van der Waals surface area contributed by atoms with E-state index in [1.807, 2.05) is 24.6 Å². The molecule has 170 valence electrons. The summed E-state index contributed by atoms with van der Waals surface area (Å²) in [5.41, 5.74) is 2.17. The number of nitrogens with one attached hydrogen (secondary N) is 1. The van der Waals surface area contributed by atoms with Crippen molar-refractivity contribution in [3.63, 3.8) is 0 Å². The molecule has 10 heteroatoms. The highest BCUT2D eigenvalue weighted by Gasteiger charge is 2.33. The summed E-state index contributed by atoms with van der Waals surface area (Å²) < 4.78 is 7.56. The number of carbonyl (C=O) groups is 2.